The van der Waals surface area contributed by atoms with Crippen LogP contribution in [-0.4, -0.2) is 24.7 Å². The SMILES string of the molecule is C#CCSCCNCc1ccc(OCC#N)cc1. The number of terminal acetylenes is 1. The van der Waals surface area contributed by atoms with Crippen molar-refractivity contribution in [3.8, 4) is 24.2 Å². The van der Waals surface area contributed by atoms with Crippen LogP contribution in [0.25, 0.3) is 0 Å². The molecule has 0 amide bonds. The largest absolute Gasteiger partial charge is 0.479 e. The maximum atomic E-state index is 8.39. The van der Waals surface area contributed by atoms with Crippen LogP contribution in [0.15, 0.2) is 24.3 Å². The summed E-state index contributed by atoms with van der Waals surface area (Å²) < 4.78 is 5.18. The van der Waals surface area contributed by atoms with Gasteiger partial charge in [-0.25, -0.2) is 0 Å². The second-order valence-corrected chi connectivity index (χ2v) is 4.63. The summed E-state index contributed by atoms with van der Waals surface area (Å²) in [5.41, 5.74) is 1.20. The highest BCUT2D eigenvalue weighted by atomic mass is 32.2. The van der Waals surface area contributed by atoms with E-state index in [4.69, 9.17) is 16.4 Å². The number of nitriles is 1. The van der Waals surface area contributed by atoms with Gasteiger partial charge in [-0.15, -0.1) is 18.2 Å². The first-order chi connectivity index (χ1) is 8.86. The minimum atomic E-state index is 0.0873. The number of benzene rings is 1. The molecule has 4 heteroatoms. The summed E-state index contributed by atoms with van der Waals surface area (Å²) in [6.45, 7) is 1.86. The highest BCUT2D eigenvalue weighted by Gasteiger charge is 1.95. The second-order valence-electron chi connectivity index (χ2n) is 3.52. The lowest BCUT2D eigenvalue weighted by molar-refractivity contribution is 0.368. The minimum absolute atomic E-state index is 0.0873. The van der Waals surface area contributed by atoms with Crippen LogP contribution >= 0.6 is 11.8 Å². The third-order valence-corrected chi connectivity index (χ3v) is 3.03. The average Bonchev–Trinajstić information content (AvgIpc) is 2.42. The molecule has 0 saturated carbocycles. The van der Waals surface area contributed by atoms with E-state index in [9.17, 15) is 0 Å². The fourth-order valence-corrected chi connectivity index (χ4v) is 1.88. The lowest BCUT2D eigenvalue weighted by Gasteiger charge is -2.06. The van der Waals surface area contributed by atoms with Gasteiger partial charge >= 0.3 is 0 Å². The Balaban J connectivity index is 2.19. The number of ether oxygens (including phenoxy) is 1. The molecule has 0 aliphatic rings. The van der Waals surface area contributed by atoms with Crippen LogP contribution in [0.4, 0.5) is 0 Å². The van der Waals surface area contributed by atoms with Crippen molar-refractivity contribution in [2.24, 2.45) is 0 Å². The summed E-state index contributed by atoms with van der Waals surface area (Å²) in [6.07, 6.45) is 5.16. The number of hydrogen-bond acceptors (Lipinski definition) is 4. The lowest BCUT2D eigenvalue weighted by Crippen LogP contribution is -2.16. The second kappa shape index (κ2) is 9.41. The van der Waals surface area contributed by atoms with Crippen molar-refractivity contribution in [3.05, 3.63) is 29.8 Å². The van der Waals surface area contributed by atoms with Crippen LogP contribution in [-0.2, 0) is 6.54 Å². The molecule has 1 aromatic rings. The van der Waals surface area contributed by atoms with Gasteiger partial charge < -0.3 is 10.1 Å². The molecule has 94 valence electrons. The Kier molecular flexibility index (Phi) is 7.55. The Hall–Kier alpha value is -1.62. The van der Waals surface area contributed by atoms with Gasteiger partial charge in [0.1, 0.15) is 11.8 Å². The van der Waals surface area contributed by atoms with Crippen molar-refractivity contribution in [2.75, 3.05) is 24.7 Å². The van der Waals surface area contributed by atoms with E-state index in [1.807, 2.05) is 30.3 Å². The zero-order valence-electron chi connectivity index (χ0n) is 10.2. The van der Waals surface area contributed by atoms with Crippen molar-refractivity contribution in [2.45, 2.75) is 6.54 Å². The minimum Gasteiger partial charge on any atom is -0.479 e. The summed E-state index contributed by atoms with van der Waals surface area (Å²) in [7, 11) is 0. The van der Waals surface area contributed by atoms with Gasteiger partial charge in [-0.3, -0.25) is 0 Å². The summed E-state index contributed by atoms with van der Waals surface area (Å²) >= 11 is 1.75. The van der Waals surface area contributed by atoms with Gasteiger partial charge in [0, 0.05) is 18.8 Å². The molecule has 0 fully saturated rings. The summed E-state index contributed by atoms with van der Waals surface area (Å²) in [5, 5.41) is 11.7. The molecule has 0 aliphatic carbocycles. The fraction of sp³-hybridized carbons (Fsp3) is 0.357. The van der Waals surface area contributed by atoms with Crippen molar-refractivity contribution < 1.29 is 4.74 Å². The average molecular weight is 260 g/mol. The number of hydrogen-bond donors (Lipinski definition) is 1. The normalized spacial score (nSPS) is 9.44. The maximum Gasteiger partial charge on any atom is 0.174 e. The summed E-state index contributed by atoms with van der Waals surface area (Å²) in [5.74, 6) is 5.12. The van der Waals surface area contributed by atoms with Gasteiger partial charge in [0.15, 0.2) is 6.61 Å². The Bertz CT molecular complexity index is 417. The topological polar surface area (TPSA) is 45.0 Å². The van der Waals surface area contributed by atoms with E-state index in [-0.39, 0.29) is 6.61 Å². The highest BCUT2D eigenvalue weighted by Crippen LogP contribution is 2.11. The Morgan fingerprint density at radius 3 is 2.78 bits per heavy atom. The molecule has 0 unspecified atom stereocenters. The molecule has 0 saturated heterocycles. The van der Waals surface area contributed by atoms with Gasteiger partial charge in [0.25, 0.3) is 0 Å². The predicted octanol–water partition coefficient (Wildman–Crippen LogP) is 2.04. The number of nitrogens with zero attached hydrogens (tertiary/aromatic N) is 1. The first kappa shape index (κ1) is 14.4. The molecule has 0 aliphatic heterocycles. The molecule has 0 aromatic heterocycles. The van der Waals surface area contributed by atoms with Gasteiger partial charge in [-0.05, 0) is 17.7 Å². The van der Waals surface area contributed by atoms with E-state index in [1.54, 1.807) is 11.8 Å². The molecule has 0 bridgehead atoms. The van der Waals surface area contributed by atoms with Gasteiger partial charge in [0.2, 0.25) is 0 Å². The van der Waals surface area contributed by atoms with E-state index >= 15 is 0 Å². The zero-order valence-corrected chi connectivity index (χ0v) is 11.0. The van der Waals surface area contributed by atoms with E-state index < -0.39 is 0 Å². The van der Waals surface area contributed by atoms with Gasteiger partial charge in [0.05, 0.1) is 5.75 Å². The third-order valence-electron chi connectivity index (χ3n) is 2.16. The highest BCUT2D eigenvalue weighted by molar-refractivity contribution is 7.99. The molecule has 0 radical (unpaired) electrons. The molecular weight excluding hydrogens is 244 g/mol. The van der Waals surface area contributed by atoms with Crippen molar-refractivity contribution in [1.29, 1.82) is 5.26 Å². The van der Waals surface area contributed by atoms with Crippen LogP contribution in [0.3, 0.4) is 0 Å². The predicted molar refractivity (Wildman–Crippen MR) is 75.4 cm³/mol. The van der Waals surface area contributed by atoms with Crippen LogP contribution in [0, 0.1) is 23.7 Å². The summed E-state index contributed by atoms with van der Waals surface area (Å²) in [4.78, 5) is 0. The standard InChI is InChI=1S/C14H16N2OS/c1-2-10-18-11-8-16-12-13-3-5-14(6-4-13)17-9-7-15/h1,3-6,16H,8-12H2. The van der Waals surface area contributed by atoms with Gasteiger partial charge in [-0.2, -0.15) is 5.26 Å². The van der Waals surface area contributed by atoms with E-state index in [2.05, 4.69) is 11.2 Å². The zero-order chi connectivity index (χ0) is 13.1. The molecule has 18 heavy (non-hydrogen) atoms. The van der Waals surface area contributed by atoms with Crippen LogP contribution in [0.1, 0.15) is 5.56 Å². The van der Waals surface area contributed by atoms with Crippen molar-refractivity contribution >= 4 is 11.8 Å². The van der Waals surface area contributed by atoms with Gasteiger partial charge in [-0.1, -0.05) is 18.1 Å². The Morgan fingerprint density at radius 1 is 1.33 bits per heavy atom. The Morgan fingerprint density at radius 2 is 2.11 bits per heavy atom. The third kappa shape index (κ3) is 6.20. The van der Waals surface area contributed by atoms with Crippen LogP contribution in [0.5, 0.6) is 5.75 Å². The smallest absolute Gasteiger partial charge is 0.174 e. The first-order valence-electron chi connectivity index (χ1n) is 5.67. The summed E-state index contributed by atoms with van der Waals surface area (Å²) in [6, 6.07) is 9.68. The molecule has 0 heterocycles. The monoisotopic (exact) mass is 260 g/mol. The molecular formula is C14H16N2OS. The quantitative estimate of drug-likeness (QED) is 0.574. The van der Waals surface area contributed by atoms with Crippen molar-refractivity contribution in [3.63, 3.8) is 0 Å². The molecule has 1 rings (SSSR count). The Labute approximate surface area is 113 Å². The van der Waals surface area contributed by atoms with E-state index in [1.165, 1.54) is 5.56 Å². The van der Waals surface area contributed by atoms with Crippen molar-refractivity contribution in [1.82, 2.24) is 5.32 Å². The van der Waals surface area contributed by atoms with Crippen LogP contribution < -0.4 is 10.1 Å². The number of rotatable bonds is 8. The molecule has 0 spiro atoms. The molecule has 1 aromatic carbocycles. The first-order valence-corrected chi connectivity index (χ1v) is 6.83. The number of nitrogens with one attached hydrogen (secondary N) is 1. The fourth-order valence-electron chi connectivity index (χ4n) is 1.33. The molecule has 3 nitrogen and oxygen atoms in total. The van der Waals surface area contributed by atoms with Crippen LogP contribution in [0.2, 0.25) is 0 Å². The molecule has 1 N–H and O–H groups in total. The lowest BCUT2D eigenvalue weighted by atomic mass is 10.2. The number of thioether (sulfide) groups is 1. The molecule has 0 atom stereocenters. The van der Waals surface area contributed by atoms with E-state index in [0.717, 1.165) is 30.3 Å². The van der Waals surface area contributed by atoms with E-state index in [0.29, 0.717) is 0 Å². The maximum absolute atomic E-state index is 8.39.